The Balaban J connectivity index is 1.38. The van der Waals surface area contributed by atoms with Crippen molar-refractivity contribution in [2.24, 2.45) is 0 Å². The first kappa shape index (κ1) is 23.8. The van der Waals surface area contributed by atoms with Crippen molar-refractivity contribution in [3.05, 3.63) is 150 Å². The minimum atomic E-state index is 0.641. The van der Waals surface area contributed by atoms with E-state index in [9.17, 15) is 5.26 Å². The number of para-hydroxylation sites is 3. The van der Waals surface area contributed by atoms with Crippen LogP contribution in [0.25, 0.3) is 71.0 Å². The molecule has 2 aromatic heterocycles. The van der Waals surface area contributed by atoms with Crippen molar-refractivity contribution in [3.63, 3.8) is 0 Å². The summed E-state index contributed by atoms with van der Waals surface area (Å²) >= 11 is 0. The summed E-state index contributed by atoms with van der Waals surface area (Å²) in [6.45, 7) is 7.55. The number of aromatic nitrogens is 2. The maximum absolute atomic E-state index is 9.30. The van der Waals surface area contributed by atoms with Crippen molar-refractivity contribution >= 4 is 49.3 Å². The second-order valence-corrected chi connectivity index (χ2v) is 10.4. The highest BCUT2D eigenvalue weighted by Crippen LogP contribution is 2.40. The summed E-state index contributed by atoms with van der Waals surface area (Å²) < 4.78 is 4.58. The van der Waals surface area contributed by atoms with Gasteiger partial charge < -0.3 is 9.13 Å². The van der Waals surface area contributed by atoms with Crippen LogP contribution in [0.15, 0.2) is 133 Å². The lowest BCUT2D eigenvalue weighted by molar-refractivity contribution is 1.18. The molecule has 0 aliphatic rings. The van der Waals surface area contributed by atoms with Crippen molar-refractivity contribution in [1.82, 2.24) is 9.13 Å². The van der Waals surface area contributed by atoms with E-state index >= 15 is 0 Å². The molecule has 8 rings (SSSR count). The zero-order chi connectivity index (χ0) is 28.2. The number of benzene rings is 6. The van der Waals surface area contributed by atoms with Gasteiger partial charge in [-0.25, -0.2) is 4.85 Å². The zero-order valence-corrected chi connectivity index (χ0v) is 22.5. The molecule has 6 aromatic carbocycles. The molecule has 0 fully saturated rings. The van der Waals surface area contributed by atoms with Gasteiger partial charge in [0.25, 0.3) is 0 Å². The molecule has 0 saturated carbocycles. The summed E-state index contributed by atoms with van der Waals surface area (Å²) in [5.74, 6) is 0. The molecule has 0 amide bonds. The van der Waals surface area contributed by atoms with Gasteiger partial charge in [-0.2, -0.15) is 5.26 Å². The van der Waals surface area contributed by atoms with Gasteiger partial charge in [0.1, 0.15) is 0 Å². The van der Waals surface area contributed by atoms with E-state index in [2.05, 4.69) is 117 Å². The van der Waals surface area contributed by atoms with Gasteiger partial charge in [0, 0.05) is 27.4 Å². The Morgan fingerprint density at radius 1 is 0.548 bits per heavy atom. The van der Waals surface area contributed by atoms with E-state index < -0.39 is 0 Å². The highest BCUT2D eigenvalue weighted by molar-refractivity contribution is 6.12. The van der Waals surface area contributed by atoms with Crippen molar-refractivity contribution in [2.45, 2.75) is 0 Å². The zero-order valence-electron chi connectivity index (χ0n) is 22.5. The third kappa shape index (κ3) is 3.47. The molecule has 0 saturated heterocycles. The molecule has 0 bridgehead atoms. The predicted octanol–water partition coefficient (Wildman–Crippen LogP) is 9.97. The Hall–Kier alpha value is -6.10. The first-order chi connectivity index (χ1) is 20.7. The standard InChI is InChI=1S/C38H22N4/c1-40-27-17-21-38-33(23-27)31-10-4-7-13-36(31)42(38)34-11-5-2-8-29(34)26-16-20-37-32(22-26)30-9-3-6-12-35(30)41(37)28-18-14-25(24-39)15-19-28/h2-23H. The molecule has 42 heavy (non-hydrogen) atoms. The van der Waals surface area contributed by atoms with E-state index in [-0.39, 0.29) is 0 Å². The minimum Gasteiger partial charge on any atom is -0.309 e. The fourth-order valence-electron chi connectivity index (χ4n) is 6.31. The van der Waals surface area contributed by atoms with Gasteiger partial charge in [-0.05, 0) is 77.7 Å². The second-order valence-electron chi connectivity index (χ2n) is 10.4. The van der Waals surface area contributed by atoms with Crippen LogP contribution in [0.2, 0.25) is 0 Å². The smallest absolute Gasteiger partial charge is 0.188 e. The summed E-state index contributed by atoms with van der Waals surface area (Å²) in [7, 11) is 0. The van der Waals surface area contributed by atoms with E-state index in [1.165, 1.54) is 10.8 Å². The Labute approximate surface area is 242 Å². The van der Waals surface area contributed by atoms with Crippen LogP contribution in [-0.4, -0.2) is 9.13 Å². The summed E-state index contributed by atoms with van der Waals surface area (Å²) in [4.78, 5) is 3.69. The molecule has 4 nitrogen and oxygen atoms in total. The molecule has 2 heterocycles. The topological polar surface area (TPSA) is 38.0 Å². The van der Waals surface area contributed by atoms with Crippen LogP contribution in [0.3, 0.4) is 0 Å². The van der Waals surface area contributed by atoms with Gasteiger partial charge in [0.2, 0.25) is 0 Å². The SMILES string of the molecule is [C-]#[N+]c1ccc2c(c1)c1ccccc1n2-c1ccccc1-c1ccc2c(c1)c1ccccc1n2-c1ccc(C#N)cc1. The number of hydrogen-bond donors (Lipinski definition) is 0. The molecule has 0 atom stereocenters. The number of nitriles is 1. The molecule has 0 unspecified atom stereocenters. The van der Waals surface area contributed by atoms with Crippen molar-refractivity contribution in [1.29, 1.82) is 5.26 Å². The van der Waals surface area contributed by atoms with Crippen LogP contribution in [-0.2, 0) is 0 Å². The minimum absolute atomic E-state index is 0.641. The fraction of sp³-hybridized carbons (Fsp3) is 0. The molecule has 8 aromatic rings. The first-order valence-corrected chi connectivity index (χ1v) is 13.8. The van der Waals surface area contributed by atoms with Crippen LogP contribution >= 0.6 is 0 Å². The number of nitrogens with zero attached hydrogens (tertiary/aromatic N) is 4. The number of hydrogen-bond acceptors (Lipinski definition) is 1. The van der Waals surface area contributed by atoms with Gasteiger partial charge in [-0.15, -0.1) is 0 Å². The van der Waals surface area contributed by atoms with Crippen LogP contribution < -0.4 is 0 Å². The quantitative estimate of drug-likeness (QED) is 0.208. The van der Waals surface area contributed by atoms with Gasteiger partial charge in [-0.1, -0.05) is 66.7 Å². The van der Waals surface area contributed by atoms with E-state index in [0.717, 1.165) is 55.3 Å². The Morgan fingerprint density at radius 3 is 1.88 bits per heavy atom. The van der Waals surface area contributed by atoms with Crippen LogP contribution in [0.1, 0.15) is 5.56 Å². The lowest BCUT2D eigenvalue weighted by atomic mass is 10.0. The van der Waals surface area contributed by atoms with E-state index in [4.69, 9.17) is 6.57 Å². The highest BCUT2D eigenvalue weighted by Gasteiger charge is 2.18. The predicted molar refractivity (Wildman–Crippen MR) is 172 cm³/mol. The van der Waals surface area contributed by atoms with Crippen LogP contribution in [0.4, 0.5) is 5.69 Å². The van der Waals surface area contributed by atoms with Crippen molar-refractivity contribution < 1.29 is 0 Å². The lowest BCUT2D eigenvalue weighted by Gasteiger charge is -2.14. The molecule has 0 aliphatic carbocycles. The molecule has 4 heteroatoms. The maximum Gasteiger partial charge on any atom is 0.188 e. The van der Waals surface area contributed by atoms with Gasteiger partial charge in [0.15, 0.2) is 5.69 Å². The maximum atomic E-state index is 9.30. The third-order valence-electron chi connectivity index (χ3n) is 8.17. The van der Waals surface area contributed by atoms with Gasteiger partial charge in [-0.3, -0.25) is 0 Å². The van der Waals surface area contributed by atoms with E-state index in [1.54, 1.807) is 0 Å². The van der Waals surface area contributed by atoms with Crippen LogP contribution in [0, 0.1) is 17.9 Å². The molecular formula is C38H22N4. The second kappa shape index (κ2) is 9.24. The van der Waals surface area contributed by atoms with Crippen molar-refractivity contribution in [3.8, 4) is 28.6 Å². The van der Waals surface area contributed by atoms with E-state index in [0.29, 0.717) is 11.3 Å². The average Bonchev–Trinajstić information content (AvgIpc) is 3.57. The molecular weight excluding hydrogens is 512 g/mol. The van der Waals surface area contributed by atoms with Crippen molar-refractivity contribution in [2.75, 3.05) is 0 Å². The Kier molecular flexibility index (Phi) is 5.22. The molecule has 194 valence electrons. The monoisotopic (exact) mass is 534 g/mol. The largest absolute Gasteiger partial charge is 0.309 e. The highest BCUT2D eigenvalue weighted by atomic mass is 15.0. The third-order valence-corrected chi connectivity index (χ3v) is 8.17. The Morgan fingerprint density at radius 2 is 1.14 bits per heavy atom. The molecule has 0 N–H and O–H groups in total. The van der Waals surface area contributed by atoms with Gasteiger partial charge in [0.05, 0.1) is 46.0 Å². The summed E-state index contributed by atoms with van der Waals surface area (Å²) in [6, 6.07) is 48.1. The summed E-state index contributed by atoms with van der Waals surface area (Å²) in [5.41, 5.74) is 10.1. The summed E-state index contributed by atoms with van der Waals surface area (Å²) in [5, 5.41) is 13.9. The van der Waals surface area contributed by atoms with Crippen LogP contribution in [0.5, 0.6) is 0 Å². The van der Waals surface area contributed by atoms with Gasteiger partial charge >= 0.3 is 0 Å². The first-order valence-electron chi connectivity index (χ1n) is 13.8. The molecule has 0 spiro atoms. The van der Waals surface area contributed by atoms with E-state index in [1.807, 2.05) is 36.4 Å². The fourth-order valence-corrected chi connectivity index (χ4v) is 6.31. The molecule has 0 radical (unpaired) electrons. The summed E-state index contributed by atoms with van der Waals surface area (Å²) in [6.07, 6.45) is 0. The Bertz CT molecular complexity index is 2430. The average molecular weight is 535 g/mol. The lowest BCUT2D eigenvalue weighted by Crippen LogP contribution is -1.97. The number of fused-ring (bicyclic) bond motifs is 6. The number of rotatable bonds is 3. The normalized spacial score (nSPS) is 11.3. The molecule has 0 aliphatic heterocycles.